The second-order valence-electron chi connectivity index (χ2n) is 7.25. The molecule has 5 nitrogen and oxygen atoms in total. The van der Waals surface area contributed by atoms with Gasteiger partial charge in [0.2, 0.25) is 5.91 Å². The van der Waals surface area contributed by atoms with Crippen LogP contribution in [-0.4, -0.2) is 55.9 Å². The number of hydrogen-bond donors (Lipinski definition) is 1. The first-order chi connectivity index (χ1) is 12.7. The number of nitrogens with one attached hydrogen (secondary N) is 1. The average molecular weight is 364 g/mol. The number of piperidine rings is 1. The standard InChI is InChI=1S/C20H29FN2O3/c21-17-6-4-16(5-7-17)13-23-10-8-18(9-11-23)22-20(24)15-25-14-19-3-1-2-12-26-19/h4-7,18-19H,1-3,8-15H2,(H,22,24). The van der Waals surface area contributed by atoms with Crippen molar-refractivity contribution in [2.75, 3.05) is 32.9 Å². The van der Waals surface area contributed by atoms with Gasteiger partial charge in [0.05, 0.1) is 12.7 Å². The first kappa shape index (κ1) is 19.3. The summed E-state index contributed by atoms with van der Waals surface area (Å²) in [6.07, 6.45) is 5.32. The monoisotopic (exact) mass is 364 g/mol. The summed E-state index contributed by atoms with van der Waals surface area (Å²) < 4.78 is 24.1. The third-order valence-corrected chi connectivity index (χ3v) is 5.08. The van der Waals surface area contributed by atoms with Gasteiger partial charge in [0, 0.05) is 32.3 Å². The minimum Gasteiger partial charge on any atom is -0.376 e. The smallest absolute Gasteiger partial charge is 0.246 e. The Labute approximate surface area is 154 Å². The second kappa shape index (κ2) is 10.00. The zero-order valence-corrected chi connectivity index (χ0v) is 15.3. The highest BCUT2D eigenvalue weighted by Gasteiger charge is 2.21. The van der Waals surface area contributed by atoms with E-state index in [4.69, 9.17) is 9.47 Å². The van der Waals surface area contributed by atoms with Crippen molar-refractivity contribution in [3.63, 3.8) is 0 Å². The average Bonchev–Trinajstić information content (AvgIpc) is 2.66. The molecule has 26 heavy (non-hydrogen) atoms. The number of nitrogens with zero attached hydrogens (tertiary/aromatic N) is 1. The van der Waals surface area contributed by atoms with Crippen molar-refractivity contribution in [3.8, 4) is 0 Å². The zero-order chi connectivity index (χ0) is 18.2. The van der Waals surface area contributed by atoms with Crippen LogP contribution in [0.15, 0.2) is 24.3 Å². The number of ether oxygens (including phenoxy) is 2. The highest BCUT2D eigenvalue weighted by molar-refractivity contribution is 5.77. The van der Waals surface area contributed by atoms with Crippen LogP contribution in [0, 0.1) is 5.82 Å². The van der Waals surface area contributed by atoms with Gasteiger partial charge < -0.3 is 14.8 Å². The van der Waals surface area contributed by atoms with E-state index in [2.05, 4.69) is 10.2 Å². The van der Waals surface area contributed by atoms with Crippen LogP contribution in [0.25, 0.3) is 0 Å². The number of carbonyl (C=O) groups is 1. The highest BCUT2D eigenvalue weighted by Crippen LogP contribution is 2.15. The first-order valence-electron chi connectivity index (χ1n) is 9.64. The van der Waals surface area contributed by atoms with Crippen LogP contribution in [0.5, 0.6) is 0 Å². The number of hydrogen-bond acceptors (Lipinski definition) is 4. The Morgan fingerprint density at radius 1 is 1.19 bits per heavy atom. The molecule has 0 bridgehead atoms. The Bertz CT molecular complexity index is 553. The molecular formula is C20H29FN2O3. The number of likely N-dealkylation sites (tertiary alicyclic amines) is 1. The topological polar surface area (TPSA) is 50.8 Å². The van der Waals surface area contributed by atoms with E-state index in [1.54, 1.807) is 0 Å². The summed E-state index contributed by atoms with van der Waals surface area (Å²) in [5, 5.41) is 3.07. The summed E-state index contributed by atoms with van der Waals surface area (Å²) >= 11 is 0. The summed E-state index contributed by atoms with van der Waals surface area (Å²) in [5.41, 5.74) is 1.12. The van der Waals surface area contributed by atoms with Crippen molar-refractivity contribution in [2.24, 2.45) is 0 Å². The van der Waals surface area contributed by atoms with Crippen LogP contribution in [0.1, 0.15) is 37.7 Å². The SMILES string of the molecule is O=C(COCC1CCCCO1)NC1CCN(Cc2ccc(F)cc2)CC1. The molecule has 2 saturated heterocycles. The maximum absolute atomic E-state index is 13.0. The van der Waals surface area contributed by atoms with Crippen LogP contribution < -0.4 is 5.32 Å². The number of benzene rings is 1. The Morgan fingerprint density at radius 2 is 1.96 bits per heavy atom. The summed E-state index contributed by atoms with van der Waals surface area (Å²) in [5.74, 6) is -0.245. The molecule has 3 rings (SSSR count). The molecule has 2 aliphatic rings. The van der Waals surface area contributed by atoms with Gasteiger partial charge in [-0.3, -0.25) is 9.69 Å². The van der Waals surface area contributed by atoms with Gasteiger partial charge in [0.25, 0.3) is 0 Å². The number of rotatable bonds is 7. The molecule has 0 radical (unpaired) electrons. The van der Waals surface area contributed by atoms with Gasteiger partial charge in [-0.15, -0.1) is 0 Å². The fourth-order valence-electron chi connectivity index (χ4n) is 3.57. The highest BCUT2D eigenvalue weighted by atomic mass is 19.1. The molecule has 0 aromatic heterocycles. The molecule has 1 aromatic rings. The fourth-order valence-corrected chi connectivity index (χ4v) is 3.57. The van der Waals surface area contributed by atoms with Gasteiger partial charge in [0.15, 0.2) is 0 Å². The lowest BCUT2D eigenvalue weighted by atomic mass is 10.0. The molecule has 1 aromatic carbocycles. The maximum atomic E-state index is 13.0. The zero-order valence-electron chi connectivity index (χ0n) is 15.3. The number of amides is 1. The van der Waals surface area contributed by atoms with Crippen molar-refractivity contribution < 1.29 is 18.7 Å². The molecule has 2 fully saturated rings. The van der Waals surface area contributed by atoms with E-state index >= 15 is 0 Å². The molecular weight excluding hydrogens is 335 g/mol. The molecule has 1 atom stereocenters. The van der Waals surface area contributed by atoms with Crippen LogP contribution in [-0.2, 0) is 20.8 Å². The quantitative estimate of drug-likeness (QED) is 0.808. The van der Waals surface area contributed by atoms with Crippen LogP contribution >= 0.6 is 0 Å². The van der Waals surface area contributed by atoms with E-state index in [-0.39, 0.29) is 30.5 Å². The van der Waals surface area contributed by atoms with Gasteiger partial charge >= 0.3 is 0 Å². The third kappa shape index (κ3) is 6.34. The molecule has 6 heteroatoms. The normalized spacial score (nSPS) is 22.3. The number of halogens is 1. The van der Waals surface area contributed by atoms with E-state index in [9.17, 15) is 9.18 Å². The van der Waals surface area contributed by atoms with Gasteiger partial charge in [-0.25, -0.2) is 4.39 Å². The summed E-state index contributed by atoms with van der Waals surface area (Å²) in [6.45, 7) is 4.10. The van der Waals surface area contributed by atoms with Crippen molar-refractivity contribution in [2.45, 2.75) is 50.8 Å². The van der Waals surface area contributed by atoms with Crippen molar-refractivity contribution >= 4 is 5.91 Å². The van der Waals surface area contributed by atoms with E-state index in [0.717, 1.165) is 57.5 Å². The third-order valence-electron chi connectivity index (χ3n) is 5.08. The Balaban J connectivity index is 1.29. The van der Waals surface area contributed by atoms with Crippen LogP contribution in [0.4, 0.5) is 4.39 Å². The van der Waals surface area contributed by atoms with Crippen molar-refractivity contribution in [3.05, 3.63) is 35.6 Å². The van der Waals surface area contributed by atoms with Gasteiger partial charge in [-0.05, 0) is 49.8 Å². The second-order valence-corrected chi connectivity index (χ2v) is 7.25. The summed E-state index contributed by atoms with van der Waals surface area (Å²) in [7, 11) is 0. The molecule has 1 unspecified atom stereocenters. The first-order valence-corrected chi connectivity index (χ1v) is 9.64. The largest absolute Gasteiger partial charge is 0.376 e. The molecule has 1 N–H and O–H groups in total. The lowest BCUT2D eigenvalue weighted by molar-refractivity contribution is -0.128. The lowest BCUT2D eigenvalue weighted by Crippen LogP contribution is -2.45. The molecule has 0 spiro atoms. The predicted molar refractivity (Wildman–Crippen MR) is 97.3 cm³/mol. The Kier molecular flexibility index (Phi) is 7.41. The van der Waals surface area contributed by atoms with Crippen LogP contribution in [0.3, 0.4) is 0 Å². The molecule has 0 aliphatic carbocycles. The molecule has 1 amide bonds. The predicted octanol–water partition coefficient (Wildman–Crippen LogP) is 2.49. The summed E-state index contributed by atoms with van der Waals surface area (Å²) in [6, 6.07) is 6.87. The fraction of sp³-hybridized carbons (Fsp3) is 0.650. The maximum Gasteiger partial charge on any atom is 0.246 e. The van der Waals surface area contributed by atoms with Crippen molar-refractivity contribution in [1.29, 1.82) is 0 Å². The van der Waals surface area contributed by atoms with Gasteiger partial charge in [-0.1, -0.05) is 12.1 Å². The van der Waals surface area contributed by atoms with Crippen LogP contribution in [0.2, 0.25) is 0 Å². The number of carbonyl (C=O) groups excluding carboxylic acids is 1. The Morgan fingerprint density at radius 3 is 2.65 bits per heavy atom. The molecule has 144 valence electrons. The minimum atomic E-state index is -0.201. The van der Waals surface area contributed by atoms with Gasteiger partial charge in [0.1, 0.15) is 12.4 Å². The van der Waals surface area contributed by atoms with E-state index in [0.29, 0.717) is 6.61 Å². The van der Waals surface area contributed by atoms with E-state index in [1.807, 2.05) is 12.1 Å². The van der Waals surface area contributed by atoms with Crippen molar-refractivity contribution in [1.82, 2.24) is 10.2 Å². The molecule has 2 aliphatic heterocycles. The van der Waals surface area contributed by atoms with E-state index < -0.39 is 0 Å². The Hall–Kier alpha value is -1.50. The minimum absolute atomic E-state index is 0.0437. The summed E-state index contributed by atoms with van der Waals surface area (Å²) in [4.78, 5) is 14.4. The van der Waals surface area contributed by atoms with E-state index in [1.165, 1.54) is 18.6 Å². The lowest BCUT2D eigenvalue weighted by Gasteiger charge is -2.32. The van der Waals surface area contributed by atoms with Gasteiger partial charge in [-0.2, -0.15) is 0 Å². The molecule has 2 heterocycles. The molecule has 0 saturated carbocycles.